The molecule has 13 heteroatoms. The fourth-order valence-electron chi connectivity index (χ4n) is 3.45. The van der Waals surface area contributed by atoms with Crippen molar-refractivity contribution in [2.75, 3.05) is 19.1 Å². The van der Waals surface area contributed by atoms with Gasteiger partial charge in [-0.15, -0.1) is 5.10 Å². The number of amides is 1. The third-order valence-electron chi connectivity index (χ3n) is 5.12. The highest BCUT2D eigenvalue weighted by molar-refractivity contribution is 6.02. The van der Waals surface area contributed by atoms with Crippen LogP contribution in [0.2, 0.25) is 0 Å². The lowest BCUT2D eigenvalue weighted by atomic mass is 10.1. The normalized spacial score (nSPS) is 12.6. The van der Waals surface area contributed by atoms with Gasteiger partial charge in [-0.3, -0.25) is 4.79 Å². The molecular formula is C22H20N8O5. The van der Waals surface area contributed by atoms with Crippen LogP contribution in [0.5, 0.6) is 17.2 Å². The number of nitrogens with one attached hydrogen (secondary N) is 1. The highest BCUT2D eigenvalue weighted by Gasteiger charge is 2.27. The highest BCUT2D eigenvalue weighted by atomic mass is 16.7. The van der Waals surface area contributed by atoms with Crippen molar-refractivity contribution < 1.29 is 23.6 Å². The summed E-state index contributed by atoms with van der Waals surface area (Å²) in [5.41, 5.74) is 10.6. The minimum Gasteiger partial charge on any atom is -0.494 e. The Morgan fingerprint density at radius 2 is 2.06 bits per heavy atom. The predicted molar refractivity (Wildman–Crippen MR) is 122 cm³/mol. The van der Waals surface area contributed by atoms with E-state index in [1.54, 1.807) is 25.1 Å². The van der Waals surface area contributed by atoms with Gasteiger partial charge in [-0.25, -0.2) is 10.1 Å². The highest BCUT2D eigenvalue weighted by Crippen LogP contribution is 2.37. The SMILES string of the molecule is CCOc1cccc(/C(C)=N/NC(=O)c2nnn(-c3nonc3N)c2-c2ccc3c(c2)OCO3)c1. The van der Waals surface area contributed by atoms with Crippen molar-refractivity contribution in [2.24, 2.45) is 5.10 Å². The average molecular weight is 476 g/mol. The molecule has 1 amide bonds. The van der Waals surface area contributed by atoms with Crippen molar-refractivity contribution in [3.05, 3.63) is 53.7 Å². The molecule has 0 atom stereocenters. The summed E-state index contributed by atoms with van der Waals surface area (Å²) in [7, 11) is 0. The summed E-state index contributed by atoms with van der Waals surface area (Å²) >= 11 is 0. The summed E-state index contributed by atoms with van der Waals surface area (Å²) in [5, 5.41) is 19.7. The molecule has 1 aliphatic rings. The van der Waals surface area contributed by atoms with E-state index >= 15 is 0 Å². The Bertz CT molecular complexity index is 1430. The number of rotatable bonds is 7. The van der Waals surface area contributed by atoms with Gasteiger partial charge in [0.15, 0.2) is 17.2 Å². The van der Waals surface area contributed by atoms with Gasteiger partial charge in [0, 0.05) is 11.1 Å². The van der Waals surface area contributed by atoms with E-state index in [0.717, 1.165) is 5.56 Å². The van der Waals surface area contributed by atoms with Crippen LogP contribution in [0.4, 0.5) is 5.82 Å². The van der Waals surface area contributed by atoms with Gasteiger partial charge < -0.3 is 19.9 Å². The Hall–Kier alpha value is -4.94. The largest absolute Gasteiger partial charge is 0.494 e. The van der Waals surface area contributed by atoms with Crippen LogP contribution in [0, 0.1) is 0 Å². The number of carbonyl (C=O) groups excluding carboxylic acids is 1. The van der Waals surface area contributed by atoms with Crippen LogP contribution in [0.1, 0.15) is 29.9 Å². The molecule has 0 aliphatic carbocycles. The number of nitrogen functional groups attached to an aromatic ring is 1. The number of hydrazone groups is 1. The fourth-order valence-corrected chi connectivity index (χ4v) is 3.45. The van der Waals surface area contributed by atoms with Crippen LogP contribution in [0.3, 0.4) is 0 Å². The van der Waals surface area contributed by atoms with Gasteiger partial charge >= 0.3 is 0 Å². The molecule has 0 spiro atoms. The first-order valence-corrected chi connectivity index (χ1v) is 10.6. The van der Waals surface area contributed by atoms with E-state index in [0.29, 0.717) is 35.1 Å². The lowest BCUT2D eigenvalue weighted by molar-refractivity contribution is 0.0950. The zero-order valence-electron chi connectivity index (χ0n) is 18.8. The van der Waals surface area contributed by atoms with Gasteiger partial charge in [-0.05, 0) is 54.5 Å². The van der Waals surface area contributed by atoms with Crippen molar-refractivity contribution in [1.29, 1.82) is 0 Å². The lowest BCUT2D eigenvalue weighted by Gasteiger charge is -2.08. The second-order valence-electron chi connectivity index (χ2n) is 7.34. The molecule has 0 unspecified atom stereocenters. The maximum Gasteiger partial charge on any atom is 0.294 e. The Morgan fingerprint density at radius 1 is 1.20 bits per heavy atom. The molecule has 4 aromatic rings. The van der Waals surface area contributed by atoms with Crippen LogP contribution in [0.15, 0.2) is 52.2 Å². The van der Waals surface area contributed by atoms with Gasteiger partial charge in [0.2, 0.25) is 18.4 Å². The van der Waals surface area contributed by atoms with Gasteiger partial charge in [0.05, 0.1) is 12.3 Å². The maximum absolute atomic E-state index is 13.1. The second kappa shape index (κ2) is 9.13. The topological polar surface area (TPSA) is 165 Å². The number of anilines is 1. The summed E-state index contributed by atoms with van der Waals surface area (Å²) in [6.45, 7) is 4.31. The van der Waals surface area contributed by atoms with Crippen LogP contribution >= 0.6 is 0 Å². The van der Waals surface area contributed by atoms with Crippen LogP contribution in [-0.4, -0.2) is 50.3 Å². The molecule has 178 valence electrons. The number of nitrogens with zero attached hydrogens (tertiary/aromatic N) is 6. The third kappa shape index (κ3) is 4.21. The maximum atomic E-state index is 13.1. The molecule has 1 aliphatic heterocycles. The minimum absolute atomic E-state index is 0.0214. The number of nitrogens with two attached hydrogens (primary N) is 1. The number of ether oxygens (including phenoxy) is 3. The van der Waals surface area contributed by atoms with Crippen molar-refractivity contribution in [3.8, 4) is 34.3 Å². The molecule has 3 N–H and O–H groups in total. The lowest BCUT2D eigenvalue weighted by Crippen LogP contribution is -2.21. The Labute approximate surface area is 198 Å². The van der Waals surface area contributed by atoms with E-state index in [9.17, 15) is 4.79 Å². The van der Waals surface area contributed by atoms with E-state index in [1.165, 1.54) is 4.68 Å². The molecule has 13 nitrogen and oxygen atoms in total. The molecular weight excluding hydrogens is 456 g/mol. The molecule has 0 bridgehead atoms. The number of aromatic nitrogens is 5. The van der Waals surface area contributed by atoms with Crippen molar-refractivity contribution >= 4 is 17.4 Å². The minimum atomic E-state index is -0.598. The zero-order valence-corrected chi connectivity index (χ0v) is 18.8. The van der Waals surface area contributed by atoms with Crippen molar-refractivity contribution in [2.45, 2.75) is 13.8 Å². The molecule has 0 radical (unpaired) electrons. The van der Waals surface area contributed by atoms with Crippen molar-refractivity contribution in [1.82, 2.24) is 30.7 Å². The van der Waals surface area contributed by atoms with Crippen LogP contribution in [0.25, 0.3) is 17.1 Å². The van der Waals surface area contributed by atoms with Crippen LogP contribution in [-0.2, 0) is 0 Å². The predicted octanol–water partition coefficient (Wildman–Crippen LogP) is 2.18. The van der Waals surface area contributed by atoms with Crippen molar-refractivity contribution in [3.63, 3.8) is 0 Å². The number of fused-ring (bicyclic) bond motifs is 1. The summed E-state index contributed by atoms with van der Waals surface area (Å²) in [5.74, 6) is 1.26. The van der Waals surface area contributed by atoms with E-state index in [1.807, 2.05) is 31.2 Å². The Morgan fingerprint density at radius 3 is 2.86 bits per heavy atom. The number of benzene rings is 2. The fraction of sp³-hybridized carbons (Fsp3) is 0.182. The molecule has 2 aromatic heterocycles. The second-order valence-corrected chi connectivity index (χ2v) is 7.34. The molecule has 0 saturated carbocycles. The first-order valence-electron chi connectivity index (χ1n) is 10.6. The number of carbonyl (C=O) groups is 1. The van der Waals surface area contributed by atoms with Gasteiger partial charge in [0.25, 0.3) is 5.91 Å². The Balaban J connectivity index is 1.49. The van der Waals surface area contributed by atoms with E-state index in [4.69, 9.17) is 24.6 Å². The zero-order chi connectivity index (χ0) is 24.4. The monoisotopic (exact) mass is 476 g/mol. The van der Waals surface area contributed by atoms with E-state index < -0.39 is 5.91 Å². The first kappa shape index (κ1) is 21.9. The van der Waals surface area contributed by atoms with Gasteiger partial charge in [-0.2, -0.15) is 9.78 Å². The molecule has 3 heterocycles. The average Bonchev–Trinajstić information content (AvgIpc) is 3.61. The molecule has 5 rings (SSSR count). The standard InChI is InChI=1S/C22H20N8O5/c1-3-32-15-6-4-5-13(9-15)12(2)24-26-22(31)18-19(14-7-8-16-17(10-14)34-11-33-16)30(29-25-18)21-20(23)27-35-28-21/h4-10H,3,11H2,1-2H3,(H2,23,27)(H,26,31)/b24-12+. The number of hydrogen-bond donors (Lipinski definition) is 2. The Kier molecular flexibility index (Phi) is 5.71. The number of hydrogen-bond acceptors (Lipinski definition) is 11. The molecule has 35 heavy (non-hydrogen) atoms. The van der Waals surface area contributed by atoms with Crippen LogP contribution < -0.4 is 25.4 Å². The van der Waals surface area contributed by atoms with Gasteiger partial charge in [0.1, 0.15) is 11.4 Å². The third-order valence-corrected chi connectivity index (χ3v) is 5.12. The van der Waals surface area contributed by atoms with E-state index in [2.05, 4.69) is 31.2 Å². The summed E-state index contributed by atoms with van der Waals surface area (Å²) in [6.07, 6.45) is 0. The van der Waals surface area contributed by atoms with E-state index in [-0.39, 0.29) is 29.8 Å². The summed E-state index contributed by atoms with van der Waals surface area (Å²) < 4.78 is 22.3. The molecule has 0 saturated heterocycles. The summed E-state index contributed by atoms with van der Waals surface area (Å²) in [4.78, 5) is 13.1. The van der Waals surface area contributed by atoms with Gasteiger partial charge in [-0.1, -0.05) is 17.3 Å². The molecule has 2 aromatic carbocycles. The molecule has 0 fully saturated rings. The quantitative estimate of drug-likeness (QED) is 0.298. The summed E-state index contributed by atoms with van der Waals surface area (Å²) in [6, 6.07) is 12.5. The first-order chi connectivity index (χ1) is 17.0. The smallest absolute Gasteiger partial charge is 0.294 e.